The lowest BCUT2D eigenvalue weighted by molar-refractivity contribution is 1.18. The Balaban J connectivity index is 0.000000103. The van der Waals surface area contributed by atoms with Gasteiger partial charge in [-0.25, -0.2) is 39.9 Å². The van der Waals surface area contributed by atoms with Crippen molar-refractivity contribution in [3.63, 3.8) is 0 Å². The van der Waals surface area contributed by atoms with Crippen LogP contribution >= 0.6 is 11.6 Å². The van der Waals surface area contributed by atoms with Crippen LogP contribution in [-0.4, -0.2) is 56.5 Å². The third kappa shape index (κ3) is 3.91. The van der Waals surface area contributed by atoms with Crippen molar-refractivity contribution >= 4 is 45.4 Å². The number of anilines is 2. The Labute approximate surface area is 162 Å². The van der Waals surface area contributed by atoms with Gasteiger partial charge in [-0.3, -0.25) is 0 Å². The normalized spacial score (nSPS) is 11.5. The van der Waals surface area contributed by atoms with Crippen LogP contribution < -0.4 is 10.6 Å². The van der Waals surface area contributed by atoms with Gasteiger partial charge in [0.1, 0.15) is 30.0 Å². The largest absolute Gasteiger partial charge is 0.364 e. The predicted molar refractivity (Wildman–Crippen MR) is 103 cm³/mol. The average Bonchev–Trinajstić information content (AvgIpc) is 3.48. The zero-order chi connectivity index (χ0) is 19.2. The molecule has 4 N–H and O–H groups in total. The second-order valence-electron chi connectivity index (χ2n) is 5.24. The van der Waals surface area contributed by atoms with Gasteiger partial charge in [0.05, 0.1) is 37.4 Å². The summed E-state index contributed by atoms with van der Waals surface area (Å²) in [5.41, 5.74) is 3.85. The highest BCUT2D eigenvalue weighted by molar-refractivity contribution is 6.33. The van der Waals surface area contributed by atoms with E-state index in [4.69, 9.17) is 11.6 Å². The molecule has 5 aromatic rings. The van der Waals surface area contributed by atoms with Gasteiger partial charge in [0, 0.05) is 0 Å². The van der Waals surface area contributed by atoms with E-state index in [9.17, 15) is 0 Å². The van der Waals surface area contributed by atoms with E-state index in [0.717, 1.165) is 23.7 Å². The van der Waals surface area contributed by atoms with Crippen molar-refractivity contribution in [2.45, 2.75) is 0 Å². The van der Waals surface area contributed by atoms with E-state index in [0.29, 0.717) is 22.0 Å². The van der Waals surface area contributed by atoms with Gasteiger partial charge in [0.25, 0.3) is 0 Å². The molecule has 0 saturated heterocycles. The van der Waals surface area contributed by atoms with Gasteiger partial charge in [-0.2, -0.15) is 0 Å². The molecule has 13 heteroatoms. The first kappa shape index (κ1) is 17.5. The number of H-pyrrole nitrogens is 2. The number of aromatic nitrogens is 10. The highest BCUT2D eigenvalue weighted by Crippen LogP contribution is 2.19. The minimum Gasteiger partial charge on any atom is -0.364 e. The summed E-state index contributed by atoms with van der Waals surface area (Å²) in [6, 6.07) is 0. The lowest BCUT2D eigenvalue weighted by atomic mass is 10.5. The Morgan fingerprint density at radius 2 is 1.54 bits per heavy atom. The fourth-order valence-corrected chi connectivity index (χ4v) is 2.43. The minimum absolute atomic E-state index is 0.405. The Hall–Kier alpha value is -3.93. The fraction of sp³-hybridized carbons (Fsp3) is 0.0667. The van der Waals surface area contributed by atoms with Crippen LogP contribution in [0.4, 0.5) is 11.5 Å². The Bertz CT molecular complexity index is 1130. The van der Waals surface area contributed by atoms with Crippen molar-refractivity contribution in [2.75, 3.05) is 17.3 Å². The summed E-state index contributed by atoms with van der Waals surface area (Å²) < 4.78 is 0. The number of rotatable bonds is 0. The number of nitrogens with one attached hydrogen (secondary N) is 4. The minimum atomic E-state index is 0.405. The quantitative estimate of drug-likeness (QED) is 0.283. The molecule has 0 amide bonds. The summed E-state index contributed by atoms with van der Waals surface area (Å²) >= 11 is 5.68. The molecule has 0 aliphatic carbocycles. The summed E-state index contributed by atoms with van der Waals surface area (Å²) in [6.07, 6.45) is 11.0. The Morgan fingerprint density at radius 1 is 0.750 bits per heavy atom. The van der Waals surface area contributed by atoms with Gasteiger partial charge in [-0.05, 0) is 0 Å². The van der Waals surface area contributed by atoms with E-state index in [-0.39, 0.29) is 0 Å². The van der Waals surface area contributed by atoms with Crippen molar-refractivity contribution in [1.29, 1.82) is 0 Å². The first-order valence-electron chi connectivity index (χ1n) is 7.97. The number of aromatic amines is 2. The molecular weight excluding hydrogens is 384 g/mol. The lowest BCUT2D eigenvalue weighted by Crippen LogP contribution is -1.99. The van der Waals surface area contributed by atoms with Crippen molar-refractivity contribution < 1.29 is 0 Å². The molecule has 140 valence electrons. The summed E-state index contributed by atoms with van der Waals surface area (Å²) in [5.74, 6) is 0.894. The molecule has 28 heavy (non-hydrogen) atoms. The maximum Gasteiger partial charge on any atom is 0.182 e. The predicted octanol–water partition coefficient (Wildman–Crippen LogP) is 1.63. The number of nitrogens with zero attached hydrogens (tertiary/aromatic N) is 8. The van der Waals surface area contributed by atoms with Gasteiger partial charge in [-0.1, -0.05) is 11.6 Å². The van der Waals surface area contributed by atoms with Gasteiger partial charge in [0.15, 0.2) is 22.3 Å². The second-order valence-corrected chi connectivity index (χ2v) is 5.60. The van der Waals surface area contributed by atoms with Crippen molar-refractivity contribution in [1.82, 2.24) is 49.8 Å². The second kappa shape index (κ2) is 8.18. The monoisotopic (exact) mass is 396 g/mol. The van der Waals surface area contributed by atoms with E-state index in [1.165, 1.54) is 25.3 Å². The maximum atomic E-state index is 5.68. The maximum absolute atomic E-state index is 5.68. The Kier molecular flexibility index (Phi) is 5.11. The zero-order valence-corrected chi connectivity index (χ0v) is 15.0. The first-order valence-corrected chi connectivity index (χ1v) is 8.35. The SMILES string of the molecule is Clc1ncnc2nc[nH]c12.c1ncc2[nH]cnc2n1.c1ncc2c(n1)NCN2. The summed E-state index contributed by atoms with van der Waals surface area (Å²) in [4.78, 5) is 36.6. The van der Waals surface area contributed by atoms with E-state index in [2.05, 4.69) is 60.5 Å². The molecule has 0 radical (unpaired) electrons. The molecule has 1 aliphatic rings. The Morgan fingerprint density at radius 3 is 2.39 bits per heavy atom. The first-order chi connectivity index (χ1) is 13.8. The molecule has 6 heterocycles. The molecule has 0 fully saturated rings. The van der Waals surface area contributed by atoms with E-state index in [1.807, 2.05) is 0 Å². The molecule has 0 saturated carbocycles. The molecule has 0 atom stereocenters. The third-order valence-corrected chi connectivity index (χ3v) is 3.81. The smallest absolute Gasteiger partial charge is 0.182 e. The molecule has 0 aromatic carbocycles. The number of halogens is 1. The van der Waals surface area contributed by atoms with E-state index < -0.39 is 0 Å². The molecule has 1 aliphatic heterocycles. The summed E-state index contributed by atoms with van der Waals surface area (Å²) in [6.45, 7) is 0.758. The van der Waals surface area contributed by atoms with Crippen LogP contribution in [0.5, 0.6) is 0 Å². The standard InChI is InChI=1S/C5H3ClN4.C5H6N4.C5H4N4/c6-4-3-5(9-1-7-3)10-2-8-4;2*1-4-5(8-2-6-1)9-3-7-4/h1-2H,(H,7,8,9,10);1-2,7H,3H2,(H,6,8,9);1-3H,(H,6,7,8,9). The summed E-state index contributed by atoms with van der Waals surface area (Å²) in [5, 5.41) is 6.51. The molecular formula is C15H13ClN12. The highest BCUT2D eigenvalue weighted by atomic mass is 35.5. The van der Waals surface area contributed by atoms with Crippen LogP contribution in [0.1, 0.15) is 0 Å². The van der Waals surface area contributed by atoms with Gasteiger partial charge < -0.3 is 20.6 Å². The van der Waals surface area contributed by atoms with Gasteiger partial charge >= 0.3 is 0 Å². The van der Waals surface area contributed by atoms with Crippen LogP contribution in [0, 0.1) is 0 Å². The van der Waals surface area contributed by atoms with Crippen LogP contribution in [0.15, 0.2) is 44.0 Å². The number of hydrogen-bond donors (Lipinski definition) is 4. The molecule has 12 nitrogen and oxygen atoms in total. The van der Waals surface area contributed by atoms with Crippen LogP contribution in [0.3, 0.4) is 0 Å². The zero-order valence-electron chi connectivity index (χ0n) is 14.2. The van der Waals surface area contributed by atoms with Crippen molar-refractivity contribution in [3.05, 3.63) is 49.2 Å². The van der Waals surface area contributed by atoms with Crippen LogP contribution in [0.2, 0.25) is 5.15 Å². The molecule has 6 rings (SSSR count). The van der Waals surface area contributed by atoms with E-state index >= 15 is 0 Å². The number of fused-ring (bicyclic) bond motifs is 3. The fourth-order valence-electron chi connectivity index (χ4n) is 2.25. The van der Waals surface area contributed by atoms with Gasteiger partial charge in [-0.15, -0.1) is 0 Å². The highest BCUT2D eigenvalue weighted by Gasteiger charge is 2.07. The molecule has 0 spiro atoms. The van der Waals surface area contributed by atoms with Crippen LogP contribution in [0.25, 0.3) is 22.3 Å². The number of imidazole rings is 2. The average molecular weight is 397 g/mol. The number of hydrogen-bond acceptors (Lipinski definition) is 10. The molecule has 0 bridgehead atoms. The van der Waals surface area contributed by atoms with Crippen molar-refractivity contribution in [3.8, 4) is 0 Å². The summed E-state index contributed by atoms with van der Waals surface area (Å²) in [7, 11) is 0. The van der Waals surface area contributed by atoms with Crippen molar-refractivity contribution in [2.24, 2.45) is 0 Å². The lowest BCUT2D eigenvalue weighted by Gasteiger charge is -1.91. The molecule has 5 aromatic heterocycles. The third-order valence-electron chi connectivity index (χ3n) is 3.52. The topological polar surface area (TPSA) is 159 Å². The van der Waals surface area contributed by atoms with E-state index in [1.54, 1.807) is 18.7 Å². The van der Waals surface area contributed by atoms with Crippen LogP contribution in [-0.2, 0) is 0 Å². The van der Waals surface area contributed by atoms with Gasteiger partial charge in [0.2, 0.25) is 0 Å². The molecule has 0 unspecified atom stereocenters.